The van der Waals surface area contributed by atoms with Crippen molar-refractivity contribution in [3.8, 4) is 22.5 Å². The Morgan fingerprint density at radius 1 is 0.720 bits per heavy atom. The molecule has 254 valence electrons. The van der Waals surface area contributed by atoms with Crippen LogP contribution in [0.4, 0.5) is 16.0 Å². The van der Waals surface area contributed by atoms with Crippen LogP contribution in [0.5, 0.6) is 0 Å². The fourth-order valence-corrected chi connectivity index (χ4v) is 7.35. The van der Waals surface area contributed by atoms with E-state index in [1.807, 2.05) is 12.1 Å². The summed E-state index contributed by atoms with van der Waals surface area (Å²) in [5, 5.41) is 14.6. The minimum absolute atomic E-state index is 0.130. The maximum Gasteiger partial charge on any atom is 0.154 e. The molecule has 0 saturated carbocycles. The van der Waals surface area contributed by atoms with Crippen molar-refractivity contribution in [1.29, 1.82) is 0 Å². The van der Waals surface area contributed by atoms with Gasteiger partial charge >= 0.3 is 0 Å². The highest BCUT2D eigenvalue weighted by Gasteiger charge is 2.28. The molecule has 2 saturated heterocycles. The van der Waals surface area contributed by atoms with E-state index in [1.165, 1.54) is 36.1 Å². The molecule has 6 heterocycles. The molecule has 8 rings (SSSR count). The van der Waals surface area contributed by atoms with Gasteiger partial charge in [0.2, 0.25) is 0 Å². The van der Waals surface area contributed by atoms with Gasteiger partial charge in [-0.3, -0.25) is 9.97 Å². The number of halogens is 1. The van der Waals surface area contributed by atoms with Crippen molar-refractivity contribution >= 4 is 33.7 Å². The van der Waals surface area contributed by atoms with Crippen molar-refractivity contribution in [3.63, 3.8) is 0 Å². The molecule has 50 heavy (non-hydrogen) atoms. The minimum Gasteiger partial charge on any atom is -0.368 e. The molecular formula is C39H41FN10. The molecule has 10 nitrogen and oxygen atoms in total. The van der Waals surface area contributed by atoms with Crippen LogP contribution in [-0.2, 0) is 0 Å². The number of aryl methyl sites for hydroxylation is 1. The van der Waals surface area contributed by atoms with Gasteiger partial charge in [-0.2, -0.15) is 0 Å². The summed E-state index contributed by atoms with van der Waals surface area (Å²) in [5.41, 5.74) is 9.03. The van der Waals surface area contributed by atoms with E-state index < -0.39 is 0 Å². The number of pyridine rings is 2. The van der Waals surface area contributed by atoms with E-state index in [4.69, 9.17) is 9.97 Å². The number of fused-ring (bicyclic) bond motifs is 2. The molecule has 0 radical (unpaired) electrons. The zero-order valence-corrected chi connectivity index (χ0v) is 28.2. The van der Waals surface area contributed by atoms with Crippen LogP contribution in [-0.4, -0.2) is 62.6 Å². The number of anilines is 2. The molecule has 2 fully saturated rings. The number of nitrogens with zero attached hydrogens (tertiary/aromatic N) is 6. The summed E-state index contributed by atoms with van der Waals surface area (Å²) in [6.07, 6.45) is 11.4. The predicted molar refractivity (Wildman–Crippen MR) is 196 cm³/mol. The summed E-state index contributed by atoms with van der Waals surface area (Å²) >= 11 is 0. The minimum atomic E-state index is -0.280. The van der Waals surface area contributed by atoms with E-state index in [-0.39, 0.29) is 17.8 Å². The highest BCUT2D eigenvalue weighted by molar-refractivity contribution is 5.89. The SMILES string of the molecule is Cc1ccc(-c2cc3nccnc3c(NCC3CCCNC3)n2)cc1C1NCCCC1CNc1nc(-c2ccc(F)cc2)cc2nccnc12. The van der Waals surface area contributed by atoms with E-state index in [9.17, 15) is 4.39 Å². The van der Waals surface area contributed by atoms with Crippen LogP contribution in [0.15, 0.2) is 79.4 Å². The third-order valence-electron chi connectivity index (χ3n) is 10.0. The van der Waals surface area contributed by atoms with E-state index >= 15 is 0 Å². The Morgan fingerprint density at radius 3 is 2.06 bits per heavy atom. The smallest absolute Gasteiger partial charge is 0.154 e. The fraction of sp³-hybridized carbons (Fsp3) is 0.333. The van der Waals surface area contributed by atoms with Crippen LogP contribution < -0.4 is 21.3 Å². The Balaban J connectivity index is 1.07. The Kier molecular flexibility index (Phi) is 9.23. The fourth-order valence-electron chi connectivity index (χ4n) is 7.35. The van der Waals surface area contributed by atoms with E-state index in [2.05, 4.69) is 66.3 Å². The van der Waals surface area contributed by atoms with E-state index in [0.717, 1.165) is 83.9 Å². The van der Waals surface area contributed by atoms with Gasteiger partial charge in [0.15, 0.2) is 11.6 Å². The number of rotatable bonds is 9. The molecule has 2 aromatic carbocycles. The van der Waals surface area contributed by atoms with Crippen LogP contribution in [0.1, 0.15) is 42.9 Å². The summed E-state index contributed by atoms with van der Waals surface area (Å²) in [4.78, 5) is 28.5. The van der Waals surface area contributed by atoms with Gasteiger partial charge < -0.3 is 21.3 Å². The Bertz CT molecular complexity index is 2120. The zero-order valence-electron chi connectivity index (χ0n) is 28.2. The monoisotopic (exact) mass is 668 g/mol. The number of nitrogens with one attached hydrogen (secondary N) is 4. The highest BCUT2D eigenvalue weighted by atomic mass is 19.1. The van der Waals surface area contributed by atoms with Crippen molar-refractivity contribution in [2.45, 2.75) is 38.6 Å². The Labute approximate surface area is 290 Å². The molecule has 4 aromatic heterocycles. The maximum atomic E-state index is 13.7. The third kappa shape index (κ3) is 6.83. The molecule has 11 heteroatoms. The highest BCUT2D eigenvalue weighted by Crippen LogP contribution is 2.35. The van der Waals surface area contributed by atoms with Gasteiger partial charge in [0.05, 0.1) is 22.4 Å². The Hall–Kier alpha value is -5.13. The van der Waals surface area contributed by atoms with Gasteiger partial charge in [-0.05, 0) is 118 Å². The van der Waals surface area contributed by atoms with Crippen LogP contribution in [0.3, 0.4) is 0 Å². The lowest BCUT2D eigenvalue weighted by Gasteiger charge is -2.34. The number of piperidine rings is 2. The first-order valence-corrected chi connectivity index (χ1v) is 17.6. The summed E-state index contributed by atoms with van der Waals surface area (Å²) in [6, 6.07) is 17.1. The molecule has 0 amide bonds. The summed E-state index contributed by atoms with van der Waals surface area (Å²) in [5.74, 6) is 2.02. The second-order valence-corrected chi connectivity index (χ2v) is 13.4. The number of hydrogen-bond donors (Lipinski definition) is 4. The topological polar surface area (TPSA) is 125 Å². The van der Waals surface area contributed by atoms with Crippen molar-refractivity contribution in [1.82, 2.24) is 40.5 Å². The van der Waals surface area contributed by atoms with E-state index in [0.29, 0.717) is 23.8 Å². The van der Waals surface area contributed by atoms with Gasteiger partial charge in [0.25, 0.3) is 0 Å². The van der Waals surface area contributed by atoms with Gasteiger partial charge in [0.1, 0.15) is 16.9 Å². The number of benzene rings is 2. The van der Waals surface area contributed by atoms with Crippen LogP contribution in [0, 0.1) is 24.6 Å². The molecule has 3 unspecified atom stereocenters. The summed E-state index contributed by atoms with van der Waals surface area (Å²) < 4.78 is 13.7. The lowest BCUT2D eigenvalue weighted by molar-refractivity contribution is 0.296. The van der Waals surface area contributed by atoms with E-state index in [1.54, 1.807) is 36.9 Å². The molecule has 4 N–H and O–H groups in total. The number of hydrogen-bond acceptors (Lipinski definition) is 10. The van der Waals surface area contributed by atoms with Crippen molar-refractivity contribution < 1.29 is 4.39 Å². The molecule has 6 aromatic rings. The van der Waals surface area contributed by atoms with Crippen molar-refractivity contribution in [3.05, 3.63) is 96.3 Å². The summed E-state index contributed by atoms with van der Waals surface area (Å²) in [6.45, 7) is 6.78. The first kappa shape index (κ1) is 32.1. The quantitative estimate of drug-likeness (QED) is 0.132. The lowest BCUT2D eigenvalue weighted by atomic mass is 9.83. The normalized spacial score (nSPS) is 19.4. The average molecular weight is 669 g/mol. The van der Waals surface area contributed by atoms with Crippen LogP contribution in [0.25, 0.3) is 44.6 Å². The first-order chi connectivity index (χ1) is 24.6. The second-order valence-electron chi connectivity index (χ2n) is 13.4. The van der Waals surface area contributed by atoms with Crippen molar-refractivity contribution in [2.24, 2.45) is 11.8 Å². The zero-order chi connectivity index (χ0) is 33.9. The maximum absolute atomic E-state index is 13.7. The third-order valence-corrected chi connectivity index (χ3v) is 10.0. The molecule has 0 bridgehead atoms. The second kappa shape index (κ2) is 14.4. The largest absolute Gasteiger partial charge is 0.368 e. The predicted octanol–water partition coefficient (Wildman–Crippen LogP) is 6.71. The average Bonchev–Trinajstić information content (AvgIpc) is 3.17. The molecule has 0 aliphatic carbocycles. The van der Waals surface area contributed by atoms with Crippen LogP contribution >= 0.6 is 0 Å². The molecule has 2 aliphatic heterocycles. The van der Waals surface area contributed by atoms with Crippen LogP contribution in [0.2, 0.25) is 0 Å². The molecule has 2 aliphatic rings. The first-order valence-electron chi connectivity index (χ1n) is 17.6. The molecule has 0 spiro atoms. The Morgan fingerprint density at radius 2 is 1.36 bits per heavy atom. The molecular weight excluding hydrogens is 627 g/mol. The van der Waals surface area contributed by atoms with Gasteiger partial charge in [-0.15, -0.1) is 0 Å². The van der Waals surface area contributed by atoms with Gasteiger partial charge in [-0.1, -0.05) is 12.1 Å². The van der Waals surface area contributed by atoms with Gasteiger partial charge in [0, 0.05) is 55.0 Å². The van der Waals surface area contributed by atoms with Crippen molar-refractivity contribution in [2.75, 3.05) is 43.4 Å². The molecule has 3 atom stereocenters. The standard InChI is InChI=1S/C39H41FN10/c1-24-6-7-27(32-20-34-36(45-16-15-43-34)38(50-32)47-22-25-4-2-12-41-21-25)18-30(24)35-28(5-3-13-44-35)23-48-39-37-33(42-14-17-46-37)19-31(49-39)26-8-10-29(40)11-9-26/h6-11,14-20,25,28,35,41,44H,2-5,12-13,21-23H2,1H3,(H,47,50)(H,48,49). The lowest BCUT2D eigenvalue weighted by Crippen LogP contribution is -2.38. The number of aromatic nitrogens is 6. The summed E-state index contributed by atoms with van der Waals surface area (Å²) in [7, 11) is 0. The van der Waals surface area contributed by atoms with Gasteiger partial charge in [-0.25, -0.2) is 24.3 Å².